The van der Waals surface area contributed by atoms with Gasteiger partial charge in [-0.25, -0.2) is 4.90 Å². The van der Waals surface area contributed by atoms with E-state index in [0.29, 0.717) is 23.6 Å². The Bertz CT molecular complexity index is 971. The summed E-state index contributed by atoms with van der Waals surface area (Å²) in [6.45, 7) is 6.41. The molecule has 0 bridgehead atoms. The highest BCUT2D eigenvalue weighted by molar-refractivity contribution is 6.45. The summed E-state index contributed by atoms with van der Waals surface area (Å²) in [6, 6.07) is 15.2. The maximum atomic E-state index is 13.6. The molecular weight excluding hydrogens is 388 g/mol. The third-order valence-corrected chi connectivity index (χ3v) is 5.95. The van der Waals surface area contributed by atoms with Crippen molar-refractivity contribution in [2.75, 3.05) is 24.6 Å². The number of rotatable bonds is 7. The Morgan fingerprint density at radius 3 is 2.13 bits per heavy atom. The van der Waals surface area contributed by atoms with Gasteiger partial charge in [-0.2, -0.15) is 0 Å². The monoisotopic (exact) mass is 418 g/mol. The number of imide groups is 1. The van der Waals surface area contributed by atoms with Crippen molar-refractivity contribution in [3.8, 4) is 5.75 Å². The van der Waals surface area contributed by atoms with Crippen LogP contribution in [0.5, 0.6) is 5.75 Å². The standard InChI is InChI=1S/C26H30N2O3/c1-3-18-31-22-14-10-20(11-15-22)23-24(27-16-6-5-7-17-27)26(30)28(25(23)29)21-12-8-19(4-2)9-13-21/h8-15H,3-7,16-18H2,1-2H3. The van der Waals surface area contributed by atoms with Gasteiger partial charge in [-0.15, -0.1) is 0 Å². The lowest BCUT2D eigenvalue weighted by Crippen LogP contribution is -2.37. The van der Waals surface area contributed by atoms with Crippen LogP contribution in [-0.4, -0.2) is 36.4 Å². The quantitative estimate of drug-likeness (QED) is 0.606. The molecule has 0 atom stereocenters. The SMILES string of the molecule is CCCOc1ccc(C2=C(N3CCCCC3)C(=O)N(c3ccc(CC)cc3)C2=O)cc1. The summed E-state index contributed by atoms with van der Waals surface area (Å²) in [4.78, 5) is 30.5. The molecule has 5 heteroatoms. The second-order valence-electron chi connectivity index (χ2n) is 8.11. The fraction of sp³-hybridized carbons (Fsp3) is 0.385. The van der Waals surface area contributed by atoms with Gasteiger partial charge in [0, 0.05) is 13.1 Å². The predicted molar refractivity (Wildman–Crippen MR) is 123 cm³/mol. The number of anilines is 1. The number of hydrogen-bond donors (Lipinski definition) is 0. The fourth-order valence-electron chi connectivity index (χ4n) is 4.24. The molecule has 0 unspecified atom stereocenters. The highest BCUT2D eigenvalue weighted by Crippen LogP contribution is 2.36. The van der Waals surface area contributed by atoms with Gasteiger partial charge in [-0.3, -0.25) is 9.59 Å². The van der Waals surface area contributed by atoms with Crippen LogP contribution in [0.15, 0.2) is 54.2 Å². The first kappa shape index (κ1) is 21.2. The molecule has 2 aromatic rings. The Morgan fingerprint density at radius 2 is 1.52 bits per heavy atom. The lowest BCUT2D eigenvalue weighted by atomic mass is 10.0. The number of carbonyl (C=O) groups excluding carboxylic acids is 2. The smallest absolute Gasteiger partial charge is 0.282 e. The minimum Gasteiger partial charge on any atom is -0.494 e. The third-order valence-electron chi connectivity index (χ3n) is 5.95. The zero-order chi connectivity index (χ0) is 21.8. The summed E-state index contributed by atoms with van der Waals surface area (Å²) in [5.41, 5.74) is 3.59. The van der Waals surface area contributed by atoms with Crippen LogP contribution >= 0.6 is 0 Å². The molecule has 1 fully saturated rings. The summed E-state index contributed by atoms with van der Waals surface area (Å²) in [5.74, 6) is 0.295. The van der Waals surface area contributed by atoms with E-state index in [-0.39, 0.29) is 11.8 Å². The normalized spacial score (nSPS) is 17.0. The molecule has 0 aliphatic carbocycles. The van der Waals surface area contributed by atoms with Crippen molar-refractivity contribution in [3.05, 3.63) is 65.4 Å². The van der Waals surface area contributed by atoms with Gasteiger partial charge in [-0.05, 0) is 67.5 Å². The van der Waals surface area contributed by atoms with Crippen LogP contribution in [0.4, 0.5) is 5.69 Å². The maximum Gasteiger partial charge on any atom is 0.282 e. The van der Waals surface area contributed by atoms with E-state index in [0.717, 1.165) is 56.5 Å². The Morgan fingerprint density at radius 1 is 0.839 bits per heavy atom. The molecule has 4 rings (SSSR count). The van der Waals surface area contributed by atoms with E-state index < -0.39 is 0 Å². The van der Waals surface area contributed by atoms with E-state index in [1.54, 1.807) is 0 Å². The minimum atomic E-state index is -0.253. The number of amides is 2. The molecule has 0 spiro atoms. The molecule has 0 N–H and O–H groups in total. The van der Waals surface area contributed by atoms with Gasteiger partial charge in [0.1, 0.15) is 11.4 Å². The van der Waals surface area contributed by atoms with Gasteiger partial charge in [0.2, 0.25) is 0 Å². The summed E-state index contributed by atoms with van der Waals surface area (Å²) >= 11 is 0. The van der Waals surface area contributed by atoms with Crippen LogP contribution in [0, 0.1) is 0 Å². The number of hydrogen-bond acceptors (Lipinski definition) is 4. The van der Waals surface area contributed by atoms with Gasteiger partial charge in [0.05, 0.1) is 17.9 Å². The van der Waals surface area contributed by atoms with E-state index >= 15 is 0 Å². The molecule has 162 valence electrons. The van der Waals surface area contributed by atoms with Crippen LogP contribution in [0.3, 0.4) is 0 Å². The average Bonchev–Trinajstić information content (AvgIpc) is 3.08. The molecule has 2 heterocycles. The molecule has 2 aliphatic rings. The molecule has 1 saturated heterocycles. The number of nitrogens with zero attached hydrogens (tertiary/aromatic N) is 2. The lowest BCUT2D eigenvalue weighted by Gasteiger charge is -2.29. The Balaban J connectivity index is 1.72. The maximum absolute atomic E-state index is 13.6. The molecule has 2 amide bonds. The van der Waals surface area contributed by atoms with E-state index in [1.165, 1.54) is 10.5 Å². The zero-order valence-corrected chi connectivity index (χ0v) is 18.4. The van der Waals surface area contributed by atoms with E-state index in [2.05, 4.69) is 18.7 Å². The molecule has 0 saturated carbocycles. The first-order valence-corrected chi connectivity index (χ1v) is 11.3. The second kappa shape index (κ2) is 9.38. The Kier molecular flexibility index (Phi) is 6.40. The zero-order valence-electron chi connectivity index (χ0n) is 18.4. The molecule has 5 nitrogen and oxygen atoms in total. The van der Waals surface area contributed by atoms with Crippen molar-refractivity contribution in [1.82, 2.24) is 4.90 Å². The number of aryl methyl sites for hydroxylation is 1. The van der Waals surface area contributed by atoms with Crippen LogP contribution in [0.2, 0.25) is 0 Å². The molecular formula is C26H30N2O3. The lowest BCUT2D eigenvalue weighted by molar-refractivity contribution is -0.120. The molecule has 2 aliphatic heterocycles. The van der Waals surface area contributed by atoms with Crippen molar-refractivity contribution in [3.63, 3.8) is 0 Å². The van der Waals surface area contributed by atoms with Gasteiger partial charge in [0.25, 0.3) is 11.8 Å². The second-order valence-corrected chi connectivity index (χ2v) is 8.11. The fourth-order valence-corrected chi connectivity index (χ4v) is 4.24. The van der Waals surface area contributed by atoms with E-state index in [4.69, 9.17) is 4.74 Å². The van der Waals surface area contributed by atoms with Gasteiger partial charge in [-0.1, -0.05) is 38.1 Å². The highest BCUT2D eigenvalue weighted by Gasteiger charge is 2.42. The Labute approximate surface area is 184 Å². The van der Waals surface area contributed by atoms with Crippen LogP contribution in [-0.2, 0) is 16.0 Å². The molecule has 0 aromatic heterocycles. The van der Waals surface area contributed by atoms with Gasteiger partial charge < -0.3 is 9.64 Å². The summed E-state index contributed by atoms with van der Waals surface area (Å²) < 4.78 is 5.69. The number of piperidine rings is 1. The van der Waals surface area contributed by atoms with Crippen LogP contribution in [0.1, 0.15) is 50.7 Å². The van der Waals surface area contributed by atoms with Crippen molar-refractivity contribution in [2.45, 2.75) is 46.0 Å². The summed E-state index contributed by atoms with van der Waals surface area (Å²) in [5, 5.41) is 0. The number of ether oxygens (including phenoxy) is 1. The third kappa shape index (κ3) is 4.22. The number of likely N-dealkylation sites (tertiary alicyclic amines) is 1. The highest BCUT2D eigenvalue weighted by atomic mass is 16.5. The van der Waals surface area contributed by atoms with Crippen molar-refractivity contribution >= 4 is 23.1 Å². The van der Waals surface area contributed by atoms with Crippen molar-refractivity contribution < 1.29 is 14.3 Å². The predicted octanol–water partition coefficient (Wildman–Crippen LogP) is 4.81. The minimum absolute atomic E-state index is 0.225. The molecule has 31 heavy (non-hydrogen) atoms. The van der Waals surface area contributed by atoms with E-state index in [9.17, 15) is 9.59 Å². The Hall–Kier alpha value is -3.08. The molecule has 0 radical (unpaired) electrons. The van der Waals surface area contributed by atoms with Gasteiger partial charge in [0.15, 0.2) is 0 Å². The summed E-state index contributed by atoms with van der Waals surface area (Å²) in [7, 11) is 0. The topological polar surface area (TPSA) is 49.9 Å². The van der Waals surface area contributed by atoms with Crippen molar-refractivity contribution in [1.29, 1.82) is 0 Å². The largest absolute Gasteiger partial charge is 0.494 e. The van der Waals surface area contributed by atoms with Crippen LogP contribution in [0.25, 0.3) is 5.57 Å². The van der Waals surface area contributed by atoms with Gasteiger partial charge >= 0.3 is 0 Å². The first-order valence-electron chi connectivity index (χ1n) is 11.3. The number of benzene rings is 2. The van der Waals surface area contributed by atoms with Crippen molar-refractivity contribution in [2.24, 2.45) is 0 Å². The first-order chi connectivity index (χ1) is 15.1. The number of carbonyl (C=O) groups is 2. The average molecular weight is 419 g/mol. The molecule has 2 aromatic carbocycles. The summed E-state index contributed by atoms with van der Waals surface area (Å²) in [6.07, 6.45) is 5.08. The van der Waals surface area contributed by atoms with E-state index in [1.807, 2.05) is 48.5 Å². The van der Waals surface area contributed by atoms with Crippen LogP contribution < -0.4 is 9.64 Å².